The van der Waals surface area contributed by atoms with Gasteiger partial charge in [-0.1, -0.05) is 0 Å². The Bertz CT molecular complexity index is 448. The van der Waals surface area contributed by atoms with Crippen molar-refractivity contribution in [2.75, 3.05) is 45.2 Å². The molecule has 0 saturated carbocycles. The van der Waals surface area contributed by atoms with Gasteiger partial charge in [0.2, 0.25) is 6.41 Å². The van der Waals surface area contributed by atoms with Crippen LogP contribution in [0.3, 0.4) is 0 Å². The molecule has 5 nitrogen and oxygen atoms in total. The Morgan fingerprint density at radius 2 is 1.68 bits per heavy atom. The molecule has 0 aliphatic carbocycles. The van der Waals surface area contributed by atoms with E-state index in [2.05, 4.69) is 0 Å². The van der Waals surface area contributed by atoms with Crippen LogP contribution in [0.4, 0.5) is 5.69 Å². The fraction of sp³-hybridized carbons (Fsp3) is 0.429. The summed E-state index contributed by atoms with van der Waals surface area (Å²) in [6.45, 7) is 2.44. The summed E-state index contributed by atoms with van der Waals surface area (Å²) >= 11 is 0. The van der Waals surface area contributed by atoms with Crippen LogP contribution >= 0.6 is 0 Å². The van der Waals surface area contributed by atoms with Gasteiger partial charge >= 0.3 is 0 Å². The van der Waals surface area contributed by atoms with E-state index in [4.69, 9.17) is 0 Å². The van der Waals surface area contributed by atoms with Gasteiger partial charge in [0.25, 0.3) is 5.91 Å². The lowest BCUT2D eigenvalue weighted by molar-refractivity contribution is -0.119. The number of carbonyl (C=O) groups is 2. The maximum atomic E-state index is 12.3. The Labute approximate surface area is 113 Å². The van der Waals surface area contributed by atoms with Crippen LogP contribution in [0.1, 0.15) is 10.4 Å². The average Bonchev–Trinajstić information content (AvgIpc) is 2.46. The van der Waals surface area contributed by atoms with Crippen LogP contribution in [0.15, 0.2) is 24.3 Å². The molecule has 19 heavy (non-hydrogen) atoms. The zero-order chi connectivity index (χ0) is 13.8. The monoisotopic (exact) mass is 261 g/mol. The maximum absolute atomic E-state index is 12.3. The van der Waals surface area contributed by atoms with Gasteiger partial charge in [-0.15, -0.1) is 0 Å². The number of nitrogens with zero attached hydrogens (tertiary/aromatic N) is 3. The van der Waals surface area contributed by atoms with Gasteiger partial charge in [0, 0.05) is 51.5 Å². The topological polar surface area (TPSA) is 43.9 Å². The van der Waals surface area contributed by atoms with E-state index in [0.29, 0.717) is 31.7 Å². The lowest BCUT2D eigenvalue weighted by Gasteiger charge is -2.32. The number of benzene rings is 1. The Balaban J connectivity index is 2.02. The lowest BCUT2D eigenvalue weighted by Crippen LogP contribution is -2.48. The summed E-state index contributed by atoms with van der Waals surface area (Å²) in [6, 6.07) is 7.58. The Morgan fingerprint density at radius 3 is 2.16 bits per heavy atom. The van der Waals surface area contributed by atoms with Gasteiger partial charge in [0.1, 0.15) is 0 Å². The number of rotatable bonds is 3. The van der Waals surface area contributed by atoms with Gasteiger partial charge in [-0.05, 0) is 24.3 Å². The predicted octanol–water partition coefficient (Wildman–Crippen LogP) is 0.667. The summed E-state index contributed by atoms with van der Waals surface area (Å²) in [4.78, 5) is 28.4. The molecule has 0 radical (unpaired) electrons. The molecule has 0 aromatic heterocycles. The van der Waals surface area contributed by atoms with Crippen molar-refractivity contribution < 1.29 is 9.59 Å². The van der Waals surface area contributed by atoms with E-state index < -0.39 is 0 Å². The first-order valence-electron chi connectivity index (χ1n) is 6.38. The molecule has 1 heterocycles. The Hall–Kier alpha value is -2.04. The molecule has 0 unspecified atom stereocenters. The van der Waals surface area contributed by atoms with Crippen molar-refractivity contribution in [3.05, 3.63) is 29.8 Å². The minimum Gasteiger partial charge on any atom is -0.378 e. The third-order valence-electron chi connectivity index (χ3n) is 3.38. The second-order valence-electron chi connectivity index (χ2n) is 4.87. The first-order valence-corrected chi connectivity index (χ1v) is 6.38. The maximum Gasteiger partial charge on any atom is 0.253 e. The Kier molecular flexibility index (Phi) is 4.04. The number of hydrogen-bond acceptors (Lipinski definition) is 3. The van der Waals surface area contributed by atoms with Gasteiger partial charge in [-0.2, -0.15) is 0 Å². The highest BCUT2D eigenvalue weighted by Crippen LogP contribution is 2.14. The van der Waals surface area contributed by atoms with Crippen molar-refractivity contribution in [2.24, 2.45) is 0 Å². The standard InChI is InChI=1S/C14H19N3O2/c1-15(2)13-5-3-12(4-6-13)14(19)17-9-7-16(11-18)8-10-17/h3-6,11H,7-10H2,1-2H3. The second kappa shape index (κ2) is 5.73. The summed E-state index contributed by atoms with van der Waals surface area (Å²) in [5.41, 5.74) is 1.77. The molecule has 5 heteroatoms. The summed E-state index contributed by atoms with van der Waals surface area (Å²) in [6.07, 6.45) is 0.841. The molecule has 1 aliphatic rings. The molecule has 1 aromatic carbocycles. The predicted molar refractivity (Wildman–Crippen MR) is 74.3 cm³/mol. The first-order chi connectivity index (χ1) is 9.11. The van der Waals surface area contributed by atoms with Crippen molar-refractivity contribution in [2.45, 2.75) is 0 Å². The van der Waals surface area contributed by atoms with E-state index >= 15 is 0 Å². The number of anilines is 1. The molecular formula is C14H19N3O2. The second-order valence-corrected chi connectivity index (χ2v) is 4.87. The largest absolute Gasteiger partial charge is 0.378 e. The summed E-state index contributed by atoms with van der Waals surface area (Å²) in [7, 11) is 3.94. The van der Waals surface area contributed by atoms with Crippen LogP contribution in [0, 0.1) is 0 Å². The number of amides is 2. The molecular weight excluding hydrogens is 242 g/mol. The molecule has 0 N–H and O–H groups in total. The van der Waals surface area contributed by atoms with E-state index in [1.165, 1.54) is 0 Å². The van der Waals surface area contributed by atoms with Crippen molar-refractivity contribution in [3.63, 3.8) is 0 Å². The zero-order valence-corrected chi connectivity index (χ0v) is 11.4. The molecule has 2 rings (SSSR count). The van der Waals surface area contributed by atoms with Crippen LogP contribution in [0.5, 0.6) is 0 Å². The van der Waals surface area contributed by atoms with E-state index in [1.807, 2.05) is 43.3 Å². The normalized spacial score (nSPS) is 15.3. The number of hydrogen-bond donors (Lipinski definition) is 0. The fourth-order valence-electron chi connectivity index (χ4n) is 2.12. The van der Waals surface area contributed by atoms with Gasteiger partial charge < -0.3 is 14.7 Å². The molecule has 1 fully saturated rings. The van der Waals surface area contributed by atoms with E-state index in [-0.39, 0.29) is 5.91 Å². The Morgan fingerprint density at radius 1 is 1.11 bits per heavy atom. The molecule has 0 atom stereocenters. The van der Waals surface area contributed by atoms with Crippen LogP contribution in [-0.2, 0) is 4.79 Å². The van der Waals surface area contributed by atoms with Crippen molar-refractivity contribution in [1.82, 2.24) is 9.80 Å². The highest BCUT2D eigenvalue weighted by Gasteiger charge is 2.21. The highest BCUT2D eigenvalue weighted by molar-refractivity contribution is 5.94. The van der Waals surface area contributed by atoms with Gasteiger partial charge in [0.05, 0.1) is 0 Å². The smallest absolute Gasteiger partial charge is 0.253 e. The quantitative estimate of drug-likeness (QED) is 0.751. The van der Waals surface area contributed by atoms with Crippen LogP contribution in [-0.4, -0.2) is 62.4 Å². The third-order valence-corrected chi connectivity index (χ3v) is 3.38. The fourth-order valence-corrected chi connectivity index (χ4v) is 2.12. The zero-order valence-electron chi connectivity index (χ0n) is 11.4. The summed E-state index contributed by atoms with van der Waals surface area (Å²) in [5, 5.41) is 0. The number of carbonyl (C=O) groups excluding carboxylic acids is 2. The average molecular weight is 261 g/mol. The van der Waals surface area contributed by atoms with Gasteiger partial charge in [-0.25, -0.2) is 0 Å². The van der Waals surface area contributed by atoms with Crippen LogP contribution in [0.25, 0.3) is 0 Å². The van der Waals surface area contributed by atoms with Crippen molar-refractivity contribution >= 4 is 18.0 Å². The van der Waals surface area contributed by atoms with Gasteiger partial charge in [0.15, 0.2) is 0 Å². The van der Waals surface area contributed by atoms with Crippen molar-refractivity contribution in [1.29, 1.82) is 0 Å². The lowest BCUT2D eigenvalue weighted by atomic mass is 10.1. The van der Waals surface area contributed by atoms with Crippen LogP contribution < -0.4 is 4.90 Å². The SMILES string of the molecule is CN(C)c1ccc(C(=O)N2CCN(C=O)CC2)cc1. The molecule has 0 bridgehead atoms. The van der Waals surface area contributed by atoms with E-state index in [0.717, 1.165) is 12.1 Å². The minimum atomic E-state index is 0.0378. The molecule has 2 amide bonds. The van der Waals surface area contributed by atoms with Gasteiger partial charge in [-0.3, -0.25) is 9.59 Å². The highest BCUT2D eigenvalue weighted by atomic mass is 16.2. The molecule has 1 saturated heterocycles. The molecule has 1 aliphatic heterocycles. The molecule has 0 spiro atoms. The van der Waals surface area contributed by atoms with E-state index in [9.17, 15) is 9.59 Å². The minimum absolute atomic E-state index is 0.0378. The molecule has 102 valence electrons. The third kappa shape index (κ3) is 3.05. The van der Waals surface area contributed by atoms with Crippen molar-refractivity contribution in [3.8, 4) is 0 Å². The first kappa shape index (κ1) is 13.4. The number of piperazine rings is 1. The summed E-state index contributed by atoms with van der Waals surface area (Å²) in [5.74, 6) is 0.0378. The summed E-state index contributed by atoms with van der Waals surface area (Å²) < 4.78 is 0. The van der Waals surface area contributed by atoms with E-state index in [1.54, 1.807) is 9.80 Å². The molecule has 1 aromatic rings. The van der Waals surface area contributed by atoms with Crippen LogP contribution in [0.2, 0.25) is 0 Å².